The first-order valence-electron chi connectivity index (χ1n) is 24.9. The van der Waals surface area contributed by atoms with Crippen molar-refractivity contribution in [3.05, 3.63) is 46.7 Å². The number of aliphatic hydroxyl groups excluding tert-OH is 1. The molecule has 1 aromatic heterocycles. The highest BCUT2D eigenvalue weighted by atomic mass is 35.5. The third kappa shape index (κ3) is 13.0. The van der Waals surface area contributed by atoms with Gasteiger partial charge in [-0.25, -0.2) is 14.3 Å². The van der Waals surface area contributed by atoms with E-state index in [9.17, 15) is 24.6 Å². The first-order chi connectivity index (χ1) is 33.3. The highest BCUT2D eigenvalue weighted by Crippen LogP contribution is 2.42. The molecule has 0 unspecified atom stereocenters. The number of alkyl carbamates (subject to hydrolysis) is 1. The number of benzene rings is 1. The van der Waals surface area contributed by atoms with E-state index in [1.54, 1.807) is 51.6 Å². The number of rotatable bonds is 12. The van der Waals surface area contributed by atoms with E-state index in [4.69, 9.17) is 54.2 Å². The number of cyclic esters (lactones) is 1. The Morgan fingerprint density at radius 2 is 1.72 bits per heavy atom. The first-order valence-corrected chi connectivity index (χ1v) is 25.3. The molecule has 3 N–H and O–H groups in total. The first kappa shape index (κ1) is 56.6. The van der Waals surface area contributed by atoms with Gasteiger partial charge in [0.1, 0.15) is 23.5 Å². The Hall–Kier alpha value is -3.70. The van der Waals surface area contributed by atoms with Crippen molar-refractivity contribution >= 4 is 29.8 Å². The number of hydrogen-bond acceptors (Lipinski definition) is 18. The summed E-state index contributed by atoms with van der Waals surface area (Å²) in [6, 6.07) is 6.73. The maximum Gasteiger partial charge on any atom is 0.509 e. The van der Waals surface area contributed by atoms with E-state index in [0.29, 0.717) is 30.2 Å². The second kappa shape index (κ2) is 23.2. The van der Waals surface area contributed by atoms with Gasteiger partial charge in [-0.15, -0.1) is 5.10 Å². The Morgan fingerprint density at radius 3 is 2.38 bits per heavy atom. The minimum absolute atomic E-state index is 0.0274. The fourth-order valence-corrected chi connectivity index (χ4v) is 11.4. The minimum Gasteiger partial charge on any atom is -0.458 e. The highest BCUT2D eigenvalue weighted by molar-refractivity contribution is 6.31. The molecule has 18 atom stereocenters. The predicted molar refractivity (Wildman–Crippen MR) is 259 cm³/mol. The molecular weight excluding hydrogens is 944 g/mol. The van der Waals surface area contributed by atoms with Crippen molar-refractivity contribution in [1.29, 1.82) is 0 Å². The molecule has 0 spiro atoms. The van der Waals surface area contributed by atoms with Gasteiger partial charge in [0.05, 0.1) is 55.2 Å². The van der Waals surface area contributed by atoms with Gasteiger partial charge < -0.3 is 63.1 Å². The molecule has 0 bridgehead atoms. The summed E-state index contributed by atoms with van der Waals surface area (Å²) in [5.41, 5.74) is -2.79. The molecule has 21 heteroatoms. The van der Waals surface area contributed by atoms with E-state index in [0.717, 1.165) is 5.56 Å². The van der Waals surface area contributed by atoms with Gasteiger partial charge in [-0.1, -0.05) is 55.8 Å². The SMILES string of the molecule is CC[C@H]1OC(=O)[C@H](C)[C@@H](O[C@H]2C[C@@](C)(OC)[C@@H](OC(=O)NCc3cn(Cc4ccccc4Cl)nn3)[C@H](C)O2)[C@H](C)[C@@H](O[C@@H]2O[C@H](C)C[C@H](N(C)C)[C@H]2O)[C@](C)(O)C[C@@H](C)CN(C)[C@H](C)[C@H]2OC(=O)O[C@@]21C. The monoisotopic (exact) mass is 1020 g/mol. The van der Waals surface area contributed by atoms with Crippen LogP contribution >= 0.6 is 11.6 Å². The predicted octanol–water partition coefficient (Wildman–Crippen LogP) is 5.31. The summed E-state index contributed by atoms with van der Waals surface area (Å²) in [7, 11) is 7.17. The number of nitrogens with zero attached hydrogens (tertiary/aromatic N) is 5. The summed E-state index contributed by atoms with van der Waals surface area (Å²) in [5, 5.41) is 36.3. The molecule has 0 saturated carbocycles. The molecule has 4 aliphatic rings. The van der Waals surface area contributed by atoms with Crippen LogP contribution in [0.5, 0.6) is 0 Å². The van der Waals surface area contributed by atoms with E-state index >= 15 is 0 Å². The smallest absolute Gasteiger partial charge is 0.458 e. The quantitative estimate of drug-likeness (QED) is 0.181. The number of carbonyl (C=O) groups is 3. The van der Waals surface area contributed by atoms with E-state index in [-0.39, 0.29) is 43.9 Å². The van der Waals surface area contributed by atoms with Crippen LogP contribution in [0.25, 0.3) is 0 Å². The number of amides is 1. The van der Waals surface area contributed by atoms with Crippen LogP contribution in [-0.4, -0.2) is 178 Å². The van der Waals surface area contributed by atoms with E-state index in [1.165, 1.54) is 7.11 Å². The van der Waals surface area contributed by atoms with E-state index in [2.05, 4.69) is 15.6 Å². The van der Waals surface area contributed by atoms with Crippen LogP contribution in [0.4, 0.5) is 9.59 Å². The van der Waals surface area contributed by atoms with Crippen LogP contribution in [0.3, 0.4) is 0 Å². The zero-order valence-corrected chi connectivity index (χ0v) is 44.7. The number of esters is 1. The maximum atomic E-state index is 14.8. The Bertz CT molecular complexity index is 2120. The summed E-state index contributed by atoms with van der Waals surface area (Å²) in [4.78, 5) is 45.1. The summed E-state index contributed by atoms with van der Waals surface area (Å²) >= 11 is 6.33. The third-order valence-electron chi connectivity index (χ3n) is 15.2. The number of likely N-dealkylation sites (N-methyl/N-ethyl adjacent to an activating group) is 2. The number of carbonyl (C=O) groups excluding carboxylic acids is 3. The topological polar surface area (TPSA) is 224 Å². The average Bonchev–Trinajstić information content (AvgIpc) is 3.89. The lowest BCUT2D eigenvalue weighted by atomic mass is 9.77. The molecule has 20 nitrogen and oxygen atoms in total. The normalized spacial score (nSPS) is 39.9. The Labute approximate surface area is 423 Å². The molecule has 0 radical (unpaired) electrons. The molecule has 1 amide bonds. The Morgan fingerprint density at radius 1 is 1.01 bits per heavy atom. The third-order valence-corrected chi connectivity index (χ3v) is 15.5. The summed E-state index contributed by atoms with van der Waals surface area (Å²) < 4.78 is 58.4. The van der Waals surface area contributed by atoms with Gasteiger partial charge in [-0.05, 0) is 106 Å². The Kier molecular flexibility index (Phi) is 18.5. The standard InChI is InChI=1S/C50H79ClN6O14/c1-15-37-50(10)42(70-47(61)71-50)31(6)56(13)24-27(2)21-48(8,62)41(68-45-39(58)36(55(11)12)20-28(3)64-45)29(4)40(30(5)44(59)66-37)67-38-22-49(9,63-14)43(32(7)65-38)69-46(60)52-23-34-26-57(54-53-34)25-33-18-16-17-19-35(33)51/h16-19,26-32,36-43,45,58,62H,15,20-25H2,1-14H3,(H,52,60)/t27-,28-,29+,30-,31-,32+,36+,37-,38+,39-,40+,41-,42-,43+,45+,48-,49-,50-/m1/s1. The van der Waals surface area contributed by atoms with Crippen molar-refractivity contribution in [3.8, 4) is 0 Å². The number of aromatic nitrogens is 3. The van der Waals surface area contributed by atoms with Crippen LogP contribution in [0.15, 0.2) is 30.5 Å². The number of methoxy groups -OCH3 is 1. The van der Waals surface area contributed by atoms with Crippen molar-refractivity contribution in [2.24, 2.45) is 17.8 Å². The van der Waals surface area contributed by atoms with Crippen LogP contribution in [-0.2, 0) is 60.5 Å². The lowest BCUT2D eigenvalue weighted by Crippen LogP contribution is -2.61. The zero-order valence-electron chi connectivity index (χ0n) is 43.9. The fraction of sp³-hybridized carbons (Fsp3) is 0.780. The van der Waals surface area contributed by atoms with Gasteiger partial charge in [-0.2, -0.15) is 0 Å². The second-order valence-electron chi connectivity index (χ2n) is 21.3. The lowest BCUT2D eigenvalue weighted by Gasteiger charge is -2.49. The number of hydrogen-bond donors (Lipinski definition) is 3. The van der Waals surface area contributed by atoms with Crippen molar-refractivity contribution < 1.29 is 67.2 Å². The zero-order chi connectivity index (χ0) is 52.3. The number of aliphatic hydroxyl groups is 2. The largest absolute Gasteiger partial charge is 0.509 e. The van der Waals surface area contributed by atoms with Crippen molar-refractivity contribution in [1.82, 2.24) is 30.1 Å². The van der Waals surface area contributed by atoms with Gasteiger partial charge in [0, 0.05) is 43.1 Å². The molecule has 1 aromatic carbocycles. The van der Waals surface area contributed by atoms with Crippen molar-refractivity contribution in [3.63, 3.8) is 0 Å². The van der Waals surface area contributed by atoms with Crippen LogP contribution in [0.2, 0.25) is 5.02 Å². The molecule has 4 aliphatic heterocycles. The van der Waals surface area contributed by atoms with Crippen LogP contribution in [0.1, 0.15) is 106 Å². The molecule has 71 heavy (non-hydrogen) atoms. The molecule has 6 rings (SSSR count). The molecule has 4 fully saturated rings. The van der Waals surface area contributed by atoms with Gasteiger partial charge >= 0.3 is 18.2 Å². The summed E-state index contributed by atoms with van der Waals surface area (Å²) in [5.74, 6) is -2.72. The molecule has 400 valence electrons. The molecule has 0 aliphatic carbocycles. The number of ether oxygens (including phenoxy) is 9. The van der Waals surface area contributed by atoms with Crippen molar-refractivity contribution in [2.75, 3.05) is 34.8 Å². The van der Waals surface area contributed by atoms with Gasteiger partial charge in [-0.3, -0.25) is 9.69 Å². The lowest BCUT2D eigenvalue weighted by molar-refractivity contribution is -0.317. The van der Waals surface area contributed by atoms with Crippen LogP contribution in [0, 0.1) is 17.8 Å². The molecule has 2 aromatic rings. The van der Waals surface area contributed by atoms with Gasteiger partial charge in [0.25, 0.3) is 0 Å². The number of fused-ring (bicyclic) bond motifs is 1. The highest BCUT2D eigenvalue weighted by Gasteiger charge is 2.58. The van der Waals surface area contributed by atoms with Crippen molar-refractivity contribution in [2.45, 2.75) is 198 Å². The molecular formula is C50H79ClN6O14. The van der Waals surface area contributed by atoms with E-state index < -0.39 is 108 Å². The minimum atomic E-state index is -1.62. The van der Waals surface area contributed by atoms with Crippen LogP contribution < -0.4 is 5.32 Å². The van der Waals surface area contributed by atoms with E-state index in [1.807, 2.05) is 83.8 Å². The molecule has 4 saturated heterocycles. The summed E-state index contributed by atoms with van der Waals surface area (Å²) in [6.07, 6.45) is -8.10. The average molecular weight is 1020 g/mol. The fourth-order valence-electron chi connectivity index (χ4n) is 11.2. The summed E-state index contributed by atoms with van der Waals surface area (Å²) in [6.45, 7) is 19.0. The second-order valence-corrected chi connectivity index (χ2v) is 21.7. The number of halogens is 1. The number of nitrogens with one attached hydrogen (secondary N) is 1. The Balaban J connectivity index is 1.28. The molecule has 5 heterocycles. The van der Waals surface area contributed by atoms with Gasteiger partial charge in [0.2, 0.25) is 0 Å². The van der Waals surface area contributed by atoms with Gasteiger partial charge in [0.15, 0.2) is 30.4 Å². The maximum absolute atomic E-state index is 14.8.